The van der Waals surface area contributed by atoms with Crippen LogP contribution >= 0.6 is 0 Å². The molecule has 0 spiro atoms. The zero-order chi connectivity index (χ0) is 19.9. The number of hydrogen-bond donors (Lipinski definition) is 1. The maximum absolute atomic E-state index is 12.3. The fourth-order valence-corrected chi connectivity index (χ4v) is 3.02. The molecule has 1 aromatic heterocycles. The zero-order valence-electron chi connectivity index (χ0n) is 15.0. The van der Waals surface area contributed by atoms with Crippen LogP contribution in [0.2, 0.25) is 0 Å². The number of carbonyl (C=O) groups excluding carboxylic acids is 2. The molecule has 1 aromatic carbocycles. The number of methoxy groups -OCH3 is 1. The first-order chi connectivity index (χ1) is 12.9. The molecule has 9 heteroatoms. The van der Waals surface area contributed by atoms with Crippen molar-refractivity contribution in [3.05, 3.63) is 53.9 Å². The number of carbonyl (C=O) groups is 2. The van der Waals surface area contributed by atoms with Crippen molar-refractivity contribution in [2.45, 2.75) is 24.7 Å². The Morgan fingerprint density at radius 1 is 1.11 bits per heavy atom. The summed E-state index contributed by atoms with van der Waals surface area (Å²) in [6, 6.07) is 8.33. The zero-order valence-corrected chi connectivity index (χ0v) is 15.8. The van der Waals surface area contributed by atoms with Crippen molar-refractivity contribution < 1.29 is 27.5 Å². The second-order valence-electron chi connectivity index (χ2n) is 5.53. The van der Waals surface area contributed by atoms with Crippen LogP contribution < -0.4 is 9.46 Å². The minimum Gasteiger partial charge on any atom is -0.494 e. The Balaban J connectivity index is 2.06. The second kappa shape index (κ2) is 9.13. The number of pyridine rings is 1. The summed E-state index contributed by atoms with van der Waals surface area (Å²) in [6.45, 7) is 2.59. The van der Waals surface area contributed by atoms with Gasteiger partial charge in [-0.3, -0.25) is 4.79 Å². The largest absolute Gasteiger partial charge is 0.494 e. The van der Waals surface area contributed by atoms with Crippen LogP contribution in [0.15, 0.2) is 47.5 Å². The van der Waals surface area contributed by atoms with E-state index < -0.39 is 21.9 Å². The number of hydrogen-bond acceptors (Lipinski definition) is 7. The molecule has 0 aliphatic heterocycles. The number of nitrogens with zero attached hydrogens (tertiary/aromatic N) is 1. The normalized spacial score (nSPS) is 10.9. The minimum atomic E-state index is -4.06. The van der Waals surface area contributed by atoms with Crippen LogP contribution in [0.1, 0.15) is 40.6 Å². The monoisotopic (exact) mass is 392 g/mol. The standard InChI is InChI=1S/C18H20N2O6S/c1-3-4-11-26-14-6-8-15(9-7-14)27(23,24)20-17(21)13-5-10-16(19-12-13)18(22)25-2/h5-10,12H,3-4,11H2,1-2H3,(H,20,21). The first kappa shape index (κ1) is 20.4. The summed E-state index contributed by atoms with van der Waals surface area (Å²) in [5, 5.41) is 0. The lowest BCUT2D eigenvalue weighted by molar-refractivity contribution is 0.0593. The van der Waals surface area contributed by atoms with Crippen molar-refractivity contribution in [1.82, 2.24) is 9.71 Å². The van der Waals surface area contributed by atoms with E-state index in [-0.39, 0.29) is 16.2 Å². The summed E-state index contributed by atoms with van der Waals surface area (Å²) in [6.07, 6.45) is 2.99. The molecule has 0 fully saturated rings. The van der Waals surface area contributed by atoms with Gasteiger partial charge in [-0.25, -0.2) is 22.9 Å². The quantitative estimate of drug-likeness (QED) is 0.541. The molecular weight excluding hydrogens is 372 g/mol. The lowest BCUT2D eigenvalue weighted by Crippen LogP contribution is -2.30. The van der Waals surface area contributed by atoms with Gasteiger partial charge in [0.2, 0.25) is 0 Å². The van der Waals surface area contributed by atoms with Gasteiger partial charge in [-0.15, -0.1) is 0 Å². The molecule has 0 unspecified atom stereocenters. The average Bonchev–Trinajstić information content (AvgIpc) is 2.67. The Labute approximate surface area is 157 Å². The van der Waals surface area contributed by atoms with Gasteiger partial charge in [0, 0.05) is 6.20 Å². The molecule has 27 heavy (non-hydrogen) atoms. The molecule has 0 aliphatic carbocycles. The second-order valence-corrected chi connectivity index (χ2v) is 7.21. The van der Waals surface area contributed by atoms with Gasteiger partial charge in [-0.05, 0) is 42.8 Å². The predicted molar refractivity (Wildman–Crippen MR) is 97.1 cm³/mol. The van der Waals surface area contributed by atoms with Crippen LogP contribution in [0.3, 0.4) is 0 Å². The molecule has 144 valence electrons. The van der Waals surface area contributed by atoms with Gasteiger partial charge < -0.3 is 9.47 Å². The Morgan fingerprint density at radius 2 is 1.81 bits per heavy atom. The number of amides is 1. The lowest BCUT2D eigenvalue weighted by Gasteiger charge is -2.09. The highest BCUT2D eigenvalue weighted by Gasteiger charge is 2.19. The Kier molecular flexibility index (Phi) is 6.89. The van der Waals surface area contributed by atoms with Gasteiger partial charge in [0.1, 0.15) is 11.4 Å². The third-order valence-electron chi connectivity index (χ3n) is 3.55. The first-order valence-electron chi connectivity index (χ1n) is 8.21. The van der Waals surface area contributed by atoms with Crippen LogP contribution in [0.5, 0.6) is 5.75 Å². The predicted octanol–water partition coefficient (Wildman–Crippen LogP) is 2.17. The number of rotatable bonds is 8. The summed E-state index contributed by atoms with van der Waals surface area (Å²) in [7, 11) is -2.85. The SMILES string of the molecule is CCCCOc1ccc(S(=O)(=O)NC(=O)c2ccc(C(=O)OC)nc2)cc1. The van der Waals surface area contributed by atoms with Crippen LogP contribution in [0.25, 0.3) is 0 Å². The van der Waals surface area contributed by atoms with Crippen molar-refractivity contribution in [2.24, 2.45) is 0 Å². The molecule has 0 atom stereocenters. The number of esters is 1. The molecule has 1 amide bonds. The maximum Gasteiger partial charge on any atom is 0.356 e. The molecule has 0 aliphatic rings. The van der Waals surface area contributed by atoms with Gasteiger partial charge in [0.25, 0.3) is 15.9 Å². The number of aromatic nitrogens is 1. The van der Waals surface area contributed by atoms with Crippen LogP contribution in [-0.2, 0) is 14.8 Å². The summed E-state index contributed by atoms with van der Waals surface area (Å²) in [5.74, 6) is -0.964. The van der Waals surface area contributed by atoms with Crippen molar-refractivity contribution in [3.63, 3.8) is 0 Å². The van der Waals surface area contributed by atoms with Gasteiger partial charge in [-0.2, -0.15) is 0 Å². The molecular formula is C18H20N2O6S. The molecule has 0 radical (unpaired) electrons. The lowest BCUT2D eigenvalue weighted by atomic mass is 10.2. The van der Waals surface area contributed by atoms with E-state index in [4.69, 9.17) is 4.74 Å². The molecule has 0 saturated carbocycles. The highest BCUT2D eigenvalue weighted by atomic mass is 32.2. The van der Waals surface area contributed by atoms with Crippen molar-refractivity contribution in [2.75, 3.05) is 13.7 Å². The fourth-order valence-electron chi connectivity index (χ4n) is 2.04. The Hall–Kier alpha value is -2.94. The molecule has 0 bridgehead atoms. The Bertz CT molecular complexity index is 892. The van der Waals surface area contributed by atoms with E-state index in [0.29, 0.717) is 12.4 Å². The van der Waals surface area contributed by atoms with E-state index in [1.807, 2.05) is 11.6 Å². The average molecular weight is 392 g/mol. The maximum atomic E-state index is 12.3. The smallest absolute Gasteiger partial charge is 0.356 e. The Morgan fingerprint density at radius 3 is 2.37 bits per heavy atom. The molecule has 0 saturated heterocycles. The van der Waals surface area contributed by atoms with Crippen LogP contribution in [0, 0.1) is 0 Å². The summed E-state index contributed by atoms with van der Waals surface area (Å²) in [5.41, 5.74) is 0.00122. The fraction of sp³-hybridized carbons (Fsp3) is 0.278. The summed E-state index contributed by atoms with van der Waals surface area (Å²) >= 11 is 0. The highest BCUT2D eigenvalue weighted by molar-refractivity contribution is 7.90. The number of benzene rings is 1. The molecule has 1 N–H and O–H groups in total. The van der Waals surface area contributed by atoms with Crippen molar-refractivity contribution >= 4 is 21.9 Å². The van der Waals surface area contributed by atoms with E-state index in [1.54, 1.807) is 0 Å². The third-order valence-corrected chi connectivity index (χ3v) is 4.89. The number of ether oxygens (including phenoxy) is 2. The molecule has 2 aromatic rings. The summed E-state index contributed by atoms with van der Waals surface area (Å²) < 4.78 is 36.6. The number of nitrogens with one attached hydrogen (secondary N) is 1. The summed E-state index contributed by atoms with van der Waals surface area (Å²) in [4.78, 5) is 27.2. The first-order valence-corrected chi connectivity index (χ1v) is 9.70. The molecule has 2 rings (SSSR count). The number of sulfonamides is 1. The molecule has 8 nitrogen and oxygen atoms in total. The van der Waals surface area contributed by atoms with Crippen molar-refractivity contribution in [3.8, 4) is 5.75 Å². The van der Waals surface area contributed by atoms with E-state index >= 15 is 0 Å². The van der Waals surface area contributed by atoms with Gasteiger partial charge >= 0.3 is 5.97 Å². The third kappa shape index (κ3) is 5.52. The van der Waals surface area contributed by atoms with Gasteiger partial charge in [-0.1, -0.05) is 13.3 Å². The van der Waals surface area contributed by atoms with E-state index in [9.17, 15) is 18.0 Å². The highest BCUT2D eigenvalue weighted by Crippen LogP contribution is 2.16. The van der Waals surface area contributed by atoms with Crippen LogP contribution in [0.4, 0.5) is 0 Å². The topological polar surface area (TPSA) is 112 Å². The number of unbranched alkanes of at least 4 members (excludes halogenated alkanes) is 1. The van der Waals surface area contributed by atoms with E-state index in [2.05, 4.69) is 9.72 Å². The molecule has 1 heterocycles. The van der Waals surface area contributed by atoms with Crippen LogP contribution in [-0.4, -0.2) is 39.0 Å². The van der Waals surface area contributed by atoms with E-state index in [1.165, 1.54) is 43.5 Å². The van der Waals surface area contributed by atoms with Crippen molar-refractivity contribution in [1.29, 1.82) is 0 Å². The van der Waals surface area contributed by atoms with Gasteiger partial charge in [0.15, 0.2) is 0 Å². The minimum absolute atomic E-state index is 0.00857. The van der Waals surface area contributed by atoms with Gasteiger partial charge in [0.05, 0.1) is 24.2 Å². The van der Waals surface area contributed by atoms with E-state index in [0.717, 1.165) is 19.0 Å².